The number of hydrogen-bond donors (Lipinski definition) is 2. The molecule has 0 bridgehead atoms. The van der Waals surface area contributed by atoms with Gasteiger partial charge in [0.2, 0.25) is 5.91 Å². The van der Waals surface area contributed by atoms with E-state index in [-0.39, 0.29) is 37.1 Å². The van der Waals surface area contributed by atoms with E-state index in [9.17, 15) is 14.4 Å². The van der Waals surface area contributed by atoms with Gasteiger partial charge < -0.3 is 19.7 Å². The van der Waals surface area contributed by atoms with Gasteiger partial charge in [-0.15, -0.1) is 0 Å². The Hall–Kier alpha value is -2.31. The minimum Gasteiger partial charge on any atom is -0.481 e. The Morgan fingerprint density at radius 3 is 2.90 bits per heavy atom. The fourth-order valence-electron chi connectivity index (χ4n) is 2.34. The summed E-state index contributed by atoms with van der Waals surface area (Å²) in [5.41, 5.74) is 0. The molecular weight excluding hydrogens is 276 g/mol. The van der Waals surface area contributed by atoms with E-state index in [4.69, 9.17) is 9.52 Å². The lowest BCUT2D eigenvalue weighted by Gasteiger charge is -2.30. The fourth-order valence-corrected chi connectivity index (χ4v) is 2.34. The molecule has 114 valence electrons. The summed E-state index contributed by atoms with van der Waals surface area (Å²) in [6.07, 6.45) is 2.86. The first-order valence-electron chi connectivity index (χ1n) is 6.90. The highest BCUT2D eigenvalue weighted by molar-refractivity contribution is 5.91. The normalized spacial score (nSPS) is 18.3. The van der Waals surface area contributed by atoms with Gasteiger partial charge in [0.05, 0.1) is 12.2 Å². The highest BCUT2D eigenvalue weighted by atomic mass is 16.4. The van der Waals surface area contributed by atoms with E-state index in [1.807, 2.05) is 0 Å². The molecule has 0 spiro atoms. The summed E-state index contributed by atoms with van der Waals surface area (Å²) in [5, 5.41) is 11.6. The second kappa shape index (κ2) is 6.92. The third-order valence-corrected chi connectivity index (χ3v) is 3.49. The molecule has 0 unspecified atom stereocenters. The van der Waals surface area contributed by atoms with Gasteiger partial charge >= 0.3 is 5.97 Å². The van der Waals surface area contributed by atoms with Crippen molar-refractivity contribution < 1.29 is 23.9 Å². The van der Waals surface area contributed by atoms with Crippen molar-refractivity contribution in [3.63, 3.8) is 0 Å². The summed E-state index contributed by atoms with van der Waals surface area (Å²) in [6.45, 7) is 1.03. The molecule has 7 nitrogen and oxygen atoms in total. The topological polar surface area (TPSA) is 99.9 Å². The average Bonchev–Trinajstić information content (AvgIpc) is 3.01. The van der Waals surface area contributed by atoms with Crippen molar-refractivity contribution in [1.29, 1.82) is 0 Å². The van der Waals surface area contributed by atoms with Gasteiger partial charge in [-0.05, 0) is 25.0 Å². The van der Waals surface area contributed by atoms with Gasteiger partial charge in [0, 0.05) is 26.1 Å². The van der Waals surface area contributed by atoms with Crippen LogP contribution in [0.15, 0.2) is 22.8 Å². The van der Waals surface area contributed by atoms with Crippen LogP contribution in [0.5, 0.6) is 0 Å². The third-order valence-electron chi connectivity index (χ3n) is 3.49. The number of carboxylic acid groups (broad SMARTS) is 1. The lowest BCUT2D eigenvalue weighted by Crippen LogP contribution is -2.43. The van der Waals surface area contributed by atoms with Crippen LogP contribution in [-0.4, -0.2) is 47.4 Å². The number of nitrogens with one attached hydrogen (secondary N) is 1. The Morgan fingerprint density at radius 1 is 1.43 bits per heavy atom. The molecule has 0 aliphatic carbocycles. The first-order valence-corrected chi connectivity index (χ1v) is 6.90. The number of carbonyl (C=O) groups is 3. The minimum atomic E-state index is -0.862. The maximum atomic E-state index is 12.0. The summed E-state index contributed by atoms with van der Waals surface area (Å²) in [6, 6.07) is 3.15. The molecule has 1 saturated heterocycles. The number of furan rings is 1. The first-order chi connectivity index (χ1) is 10.1. The Bertz CT molecular complexity index is 511. The summed E-state index contributed by atoms with van der Waals surface area (Å²) in [5.74, 6) is -1.65. The van der Waals surface area contributed by atoms with Gasteiger partial charge in [-0.2, -0.15) is 0 Å². The molecule has 21 heavy (non-hydrogen) atoms. The van der Waals surface area contributed by atoms with E-state index in [0.717, 1.165) is 0 Å². The lowest BCUT2D eigenvalue weighted by molar-refractivity contribution is -0.145. The number of aliphatic carboxylic acids is 1. The lowest BCUT2D eigenvalue weighted by atomic mass is 9.98. The molecule has 2 amide bonds. The summed E-state index contributed by atoms with van der Waals surface area (Å²) < 4.78 is 4.94. The first kappa shape index (κ1) is 15.1. The fraction of sp³-hybridized carbons (Fsp3) is 0.500. The van der Waals surface area contributed by atoms with E-state index >= 15 is 0 Å². The number of hydrogen-bond acceptors (Lipinski definition) is 4. The van der Waals surface area contributed by atoms with E-state index in [2.05, 4.69) is 5.32 Å². The molecule has 1 aliphatic heterocycles. The van der Waals surface area contributed by atoms with Crippen molar-refractivity contribution in [2.75, 3.05) is 19.6 Å². The van der Waals surface area contributed by atoms with Crippen LogP contribution in [-0.2, 0) is 9.59 Å². The summed E-state index contributed by atoms with van der Waals surface area (Å²) in [7, 11) is 0. The molecular formula is C14H18N2O5. The number of rotatable bonds is 5. The Kier molecular flexibility index (Phi) is 4.97. The van der Waals surface area contributed by atoms with E-state index in [1.165, 1.54) is 6.26 Å². The average molecular weight is 294 g/mol. The zero-order valence-electron chi connectivity index (χ0n) is 11.6. The van der Waals surface area contributed by atoms with Crippen LogP contribution in [0.1, 0.15) is 29.8 Å². The van der Waals surface area contributed by atoms with E-state index in [1.54, 1.807) is 17.0 Å². The monoisotopic (exact) mass is 294 g/mol. The standard InChI is InChI=1S/C14H18N2O5/c17-12(16-7-1-3-10(9-16)14(19)20)5-6-15-13(18)11-4-2-8-21-11/h2,4,8,10H,1,3,5-7,9H2,(H,15,18)(H,19,20)/t10-/m0/s1. The summed E-state index contributed by atoms with van der Waals surface area (Å²) >= 11 is 0. The predicted molar refractivity (Wildman–Crippen MR) is 72.6 cm³/mol. The molecule has 0 radical (unpaired) electrons. The largest absolute Gasteiger partial charge is 0.481 e. The van der Waals surface area contributed by atoms with E-state index < -0.39 is 11.9 Å². The van der Waals surface area contributed by atoms with Gasteiger partial charge in [0.1, 0.15) is 0 Å². The molecule has 1 aliphatic rings. The number of carboxylic acids is 1. The summed E-state index contributed by atoms with van der Waals surface area (Å²) in [4.78, 5) is 36.1. The highest BCUT2D eigenvalue weighted by Crippen LogP contribution is 2.17. The Labute approximate surface area is 121 Å². The molecule has 1 fully saturated rings. The predicted octanol–water partition coefficient (Wildman–Crippen LogP) is 0.723. The zero-order chi connectivity index (χ0) is 15.2. The van der Waals surface area contributed by atoms with Crippen LogP contribution in [0.4, 0.5) is 0 Å². The van der Waals surface area contributed by atoms with Crippen molar-refractivity contribution in [3.05, 3.63) is 24.2 Å². The number of nitrogens with zero attached hydrogens (tertiary/aromatic N) is 1. The van der Waals surface area contributed by atoms with E-state index in [0.29, 0.717) is 19.4 Å². The van der Waals surface area contributed by atoms with Gasteiger partial charge in [-0.3, -0.25) is 14.4 Å². The highest BCUT2D eigenvalue weighted by Gasteiger charge is 2.27. The van der Waals surface area contributed by atoms with Crippen molar-refractivity contribution in [2.45, 2.75) is 19.3 Å². The molecule has 1 aromatic rings. The number of amides is 2. The third kappa shape index (κ3) is 4.08. The van der Waals surface area contributed by atoms with Crippen LogP contribution in [0.2, 0.25) is 0 Å². The number of carbonyl (C=O) groups excluding carboxylic acids is 2. The molecule has 2 N–H and O–H groups in total. The van der Waals surface area contributed by atoms with Crippen LogP contribution in [0.3, 0.4) is 0 Å². The Morgan fingerprint density at radius 2 is 2.24 bits per heavy atom. The molecule has 7 heteroatoms. The molecule has 1 aromatic heterocycles. The van der Waals surface area contributed by atoms with Gasteiger partial charge in [0.25, 0.3) is 5.91 Å². The van der Waals surface area contributed by atoms with Gasteiger partial charge in [0.15, 0.2) is 5.76 Å². The number of piperidine rings is 1. The van der Waals surface area contributed by atoms with Crippen LogP contribution in [0, 0.1) is 5.92 Å². The van der Waals surface area contributed by atoms with Crippen molar-refractivity contribution in [1.82, 2.24) is 10.2 Å². The van der Waals surface area contributed by atoms with Crippen molar-refractivity contribution in [3.8, 4) is 0 Å². The smallest absolute Gasteiger partial charge is 0.308 e. The van der Waals surface area contributed by atoms with Crippen LogP contribution < -0.4 is 5.32 Å². The minimum absolute atomic E-state index is 0.138. The quantitative estimate of drug-likeness (QED) is 0.833. The van der Waals surface area contributed by atoms with Crippen molar-refractivity contribution >= 4 is 17.8 Å². The molecule has 0 saturated carbocycles. The van der Waals surface area contributed by atoms with Gasteiger partial charge in [-0.25, -0.2) is 0 Å². The zero-order valence-corrected chi connectivity index (χ0v) is 11.6. The molecule has 2 heterocycles. The molecule has 2 rings (SSSR count). The number of likely N-dealkylation sites (tertiary alicyclic amines) is 1. The molecule has 0 aromatic carbocycles. The Balaban J connectivity index is 1.74. The second-order valence-corrected chi connectivity index (χ2v) is 5.00. The van der Waals surface area contributed by atoms with Crippen LogP contribution >= 0.6 is 0 Å². The SMILES string of the molecule is O=C(NCCC(=O)N1CCC[C@H](C(=O)O)C1)c1ccco1. The molecule has 1 atom stereocenters. The maximum Gasteiger partial charge on any atom is 0.308 e. The van der Waals surface area contributed by atoms with Gasteiger partial charge in [-0.1, -0.05) is 0 Å². The maximum absolute atomic E-state index is 12.0. The van der Waals surface area contributed by atoms with Crippen molar-refractivity contribution in [2.24, 2.45) is 5.92 Å². The second-order valence-electron chi connectivity index (χ2n) is 5.00. The van der Waals surface area contributed by atoms with Crippen LogP contribution in [0.25, 0.3) is 0 Å².